The minimum atomic E-state index is -0.160. The van der Waals surface area contributed by atoms with Crippen molar-refractivity contribution in [3.05, 3.63) is 47.0 Å². The lowest BCUT2D eigenvalue weighted by atomic mass is 10.2. The zero-order chi connectivity index (χ0) is 12.7. The third kappa shape index (κ3) is 4.44. The molecule has 3 nitrogen and oxygen atoms in total. The third-order valence-electron chi connectivity index (χ3n) is 2.03. The maximum absolute atomic E-state index is 11.4. The van der Waals surface area contributed by atoms with Crippen molar-refractivity contribution in [2.75, 3.05) is 13.7 Å². The molecule has 0 radical (unpaired) electrons. The molecule has 0 atom stereocenters. The molecule has 0 aliphatic carbocycles. The number of halogens is 1. The van der Waals surface area contributed by atoms with Crippen LogP contribution in [-0.2, 0) is 4.79 Å². The first-order valence-electron chi connectivity index (χ1n) is 5.07. The number of hydrogen-bond acceptors (Lipinski definition) is 2. The van der Waals surface area contributed by atoms with Gasteiger partial charge in [-0.15, -0.1) is 6.58 Å². The molecule has 0 fully saturated rings. The molecule has 0 unspecified atom stereocenters. The van der Waals surface area contributed by atoms with Crippen molar-refractivity contribution in [3.8, 4) is 5.75 Å². The highest BCUT2D eigenvalue weighted by atomic mass is 79.9. The van der Waals surface area contributed by atoms with Gasteiger partial charge in [0.25, 0.3) is 0 Å². The monoisotopic (exact) mass is 295 g/mol. The van der Waals surface area contributed by atoms with Crippen LogP contribution in [0.1, 0.15) is 5.56 Å². The van der Waals surface area contributed by atoms with Crippen LogP contribution < -0.4 is 10.1 Å². The number of amides is 1. The normalized spacial score (nSPS) is 10.2. The Morgan fingerprint density at radius 2 is 2.35 bits per heavy atom. The van der Waals surface area contributed by atoms with Gasteiger partial charge in [0.05, 0.1) is 7.11 Å². The number of methoxy groups -OCH3 is 1. The van der Waals surface area contributed by atoms with E-state index in [-0.39, 0.29) is 5.91 Å². The van der Waals surface area contributed by atoms with Crippen molar-refractivity contribution in [2.24, 2.45) is 0 Å². The lowest BCUT2D eigenvalue weighted by Crippen LogP contribution is -2.20. The first-order chi connectivity index (χ1) is 8.17. The number of ether oxygens (including phenoxy) is 1. The second-order valence-corrected chi connectivity index (χ2v) is 4.17. The number of hydrogen-bond donors (Lipinski definition) is 1. The number of nitrogens with one attached hydrogen (secondary N) is 1. The highest BCUT2D eigenvalue weighted by Crippen LogP contribution is 2.23. The maximum atomic E-state index is 11.4. The van der Waals surface area contributed by atoms with Crippen molar-refractivity contribution in [1.29, 1.82) is 0 Å². The van der Waals surface area contributed by atoms with Crippen LogP contribution in [0.15, 0.2) is 41.4 Å². The topological polar surface area (TPSA) is 38.3 Å². The highest BCUT2D eigenvalue weighted by Gasteiger charge is 2.00. The SMILES string of the molecule is C=CCNC(=O)/C=C\c1cc(Br)ccc1OC. The molecule has 0 saturated carbocycles. The Labute approximate surface area is 109 Å². The van der Waals surface area contributed by atoms with E-state index in [1.54, 1.807) is 19.3 Å². The molecule has 1 amide bonds. The van der Waals surface area contributed by atoms with E-state index in [0.717, 1.165) is 15.8 Å². The summed E-state index contributed by atoms with van der Waals surface area (Å²) in [5.41, 5.74) is 0.843. The van der Waals surface area contributed by atoms with E-state index in [1.165, 1.54) is 6.08 Å². The molecular formula is C13H14BrNO2. The Bertz CT molecular complexity index is 441. The summed E-state index contributed by atoms with van der Waals surface area (Å²) in [6.45, 7) is 3.98. The molecule has 90 valence electrons. The number of carbonyl (C=O) groups is 1. The van der Waals surface area contributed by atoms with Gasteiger partial charge in [-0.3, -0.25) is 4.79 Å². The number of rotatable bonds is 5. The number of benzene rings is 1. The van der Waals surface area contributed by atoms with E-state index in [0.29, 0.717) is 6.54 Å². The standard InChI is InChI=1S/C13H14BrNO2/c1-3-8-15-13(16)7-4-10-9-11(14)5-6-12(10)17-2/h3-7,9H,1,8H2,2H3,(H,15,16)/b7-4-. The van der Waals surface area contributed by atoms with Crippen LogP contribution in [0.5, 0.6) is 5.75 Å². The van der Waals surface area contributed by atoms with Crippen LogP contribution in [-0.4, -0.2) is 19.6 Å². The van der Waals surface area contributed by atoms with Gasteiger partial charge < -0.3 is 10.1 Å². The molecule has 0 aliphatic heterocycles. The second kappa shape index (κ2) is 6.91. The van der Waals surface area contributed by atoms with E-state index >= 15 is 0 Å². The van der Waals surface area contributed by atoms with Gasteiger partial charge in [0.15, 0.2) is 0 Å². The predicted octanol–water partition coefficient (Wildman–Crippen LogP) is 2.77. The Kier molecular flexibility index (Phi) is 5.49. The first-order valence-corrected chi connectivity index (χ1v) is 5.87. The fourth-order valence-corrected chi connectivity index (χ4v) is 1.61. The van der Waals surface area contributed by atoms with Crippen molar-refractivity contribution in [2.45, 2.75) is 0 Å². The summed E-state index contributed by atoms with van der Waals surface area (Å²) in [5, 5.41) is 2.66. The first kappa shape index (κ1) is 13.5. The van der Waals surface area contributed by atoms with Crippen molar-refractivity contribution in [1.82, 2.24) is 5.32 Å². The zero-order valence-electron chi connectivity index (χ0n) is 9.57. The van der Waals surface area contributed by atoms with Gasteiger partial charge in [-0.05, 0) is 24.3 Å². The third-order valence-corrected chi connectivity index (χ3v) is 2.52. The molecule has 17 heavy (non-hydrogen) atoms. The van der Waals surface area contributed by atoms with Gasteiger partial charge in [-0.1, -0.05) is 22.0 Å². The molecule has 0 heterocycles. The number of carbonyl (C=O) groups excluding carboxylic acids is 1. The van der Waals surface area contributed by atoms with Gasteiger partial charge >= 0.3 is 0 Å². The molecule has 0 aromatic heterocycles. The maximum Gasteiger partial charge on any atom is 0.244 e. The van der Waals surface area contributed by atoms with Gasteiger partial charge in [0, 0.05) is 22.7 Å². The van der Waals surface area contributed by atoms with Crippen LogP contribution in [0.2, 0.25) is 0 Å². The average Bonchev–Trinajstić information content (AvgIpc) is 2.34. The molecular weight excluding hydrogens is 282 g/mol. The molecule has 1 aromatic rings. The minimum Gasteiger partial charge on any atom is -0.496 e. The molecule has 0 saturated heterocycles. The van der Waals surface area contributed by atoms with Crippen LogP contribution in [0.25, 0.3) is 6.08 Å². The fourth-order valence-electron chi connectivity index (χ4n) is 1.23. The van der Waals surface area contributed by atoms with Gasteiger partial charge in [0.2, 0.25) is 5.91 Å². The lowest BCUT2D eigenvalue weighted by Gasteiger charge is -2.04. The largest absolute Gasteiger partial charge is 0.496 e. The van der Waals surface area contributed by atoms with Crippen molar-refractivity contribution in [3.63, 3.8) is 0 Å². The quantitative estimate of drug-likeness (QED) is 0.670. The molecule has 0 bridgehead atoms. The molecule has 4 heteroatoms. The molecule has 1 N–H and O–H groups in total. The van der Waals surface area contributed by atoms with Crippen LogP contribution >= 0.6 is 15.9 Å². The van der Waals surface area contributed by atoms with Crippen LogP contribution in [0.4, 0.5) is 0 Å². The predicted molar refractivity (Wildman–Crippen MR) is 72.9 cm³/mol. The Hall–Kier alpha value is -1.55. The van der Waals surface area contributed by atoms with Crippen molar-refractivity contribution < 1.29 is 9.53 Å². The van der Waals surface area contributed by atoms with Crippen LogP contribution in [0.3, 0.4) is 0 Å². The van der Waals surface area contributed by atoms with E-state index in [4.69, 9.17) is 4.74 Å². The van der Waals surface area contributed by atoms with E-state index in [9.17, 15) is 4.79 Å². The summed E-state index contributed by atoms with van der Waals surface area (Å²) in [4.78, 5) is 11.4. The molecule has 0 aliphatic rings. The Balaban J connectivity index is 2.79. The van der Waals surface area contributed by atoms with Gasteiger partial charge in [-0.25, -0.2) is 0 Å². The lowest BCUT2D eigenvalue weighted by molar-refractivity contribution is -0.116. The van der Waals surface area contributed by atoms with Gasteiger partial charge in [0.1, 0.15) is 5.75 Å². The van der Waals surface area contributed by atoms with E-state index in [1.807, 2.05) is 18.2 Å². The minimum absolute atomic E-state index is 0.160. The molecule has 1 rings (SSSR count). The zero-order valence-corrected chi connectivity index (χ0v) is 11.2. The summed E-state index contributed by atoms with van der Waals surface area (Å²) in [6.07, 6.45) is 4.81. The van der Waals surface area contributed by atoms with Crippen LogP contribution in [0, 0.1) is 0 Å². The molecule has 0 spiro atoms. The highest BCUT2D eigenvalue weighted by molar-refractivity contribution is 9.10. The van der Waals surface area contributed by atoms with Gasteiger partial charge in [-0.2, -0.15) is 0 Å². The van der Waals surface area contributed by atoms with Crippen molar-refractivity contribution >= 4 is 27.9 Å². The molecule has 1 aromatic carbocycles. The summed E-state index contributed by atoms with van der Waals surface area (Å²) in [5.74, 6) is 0.563. The summed E-state index contributed by atoms with van der Waals surface area (Å²) in [7, 11) is 1.60. The smallest absolute Gasteiger partial charge is 0.244 e. The van der Waals surface area contributed by atoms with E-state index < -0.39 is 0 Å². The van der Waals surface area contributed by atoms with E-state index in [2.05, 4.69) is 27.8 Å². The fraction of sp³-hybridized carbons (Fsp3) is 0.154. The Morgan fingerprint density at radius 1 is 1.59 bits per heavy atom. The Morgan fingerprint density at radius 3 is 3.00 bits per heavy atom. The summed E-state index contributed by atoms with van der Waals surface area (Å²) in [6, 6.07) is 5.61. The second-order valence-electron chi connectivity index (χ2n) is 3.25. The average molecular weight is 296 g/mol. The summed E-state index contributed by atoms with van der Waals surface area (Å²) < 4.78 is 6.13. The summed E-state index contributed by atoms with van der Waals surface area (Å²) >= 11 is 3.37.